The number of nitriles is 1. The predicted octanol–water partition coefficient (Wildman–Crippen LogP) is -1.10. The molecular weight excluding hydrogens is 336 g/mol. The van der Waals surface area contributed by atoms with Crippen molar-refractivity contribution in [2.75, 3.05) is 6.54 Å². The summed E-state index contributed by atoms with van der Waals surface area (Å²) in [5.41, 5.74) is 10.5. The van der Waals surface area contributed by atoms with Crippen LogP contribution in [0, 0.1) is 11.5 Å². The highest BCUT2D eigenvalue weighted by Crippen LogP contribution is 2.03. The second-order valence-electron chi connectivity index (χ2n) is 4.45. The number of nitrogens with two attached hydrogens (primary N) is 3. The van der Waals surface area contributed by atoms with Crippen LogP contribution in [0.3, 0.4) is 0 Å². The summed E-state index contributed by atoms with van der Waals surface area (Å²) in [4.78, 5) is 14.2. The van der Waals surface area contributed by atoms with Crippen molar-refractivity contribution in [2.24, 2.45) is 21.6 Å². The molecule has 24 heavy (non-hydrogen) atoms. The van der Waals surface area contributed by atoms with E-state index in [1.807, 2.05) is 0 Å². The summed E-state index contributed by atoms with van der Waals surface area (Å²) in [6.07, 6.45) is 2.46. The van der Waals surface area contributed by atoms with Gasteiger partial charge >= 0.3 is 5.97 Å². The molecule has 0 aliphatic rings. The Labute approximate surface area is 140 Å². The van der Waals surface area contributed by atoms with Gasteiger partial charge < -0.3 is 16.6 Å². The number of rotatable bonds is 6. The lowest BCUT2D eigenvalue weighted by Gasteiger charge is -2.03. The summed E-state index contributed by atoms with van der Waals surface area (Å²) in [6.45, 7) is 0.349. The van der Waals surface area contributed by atoms with Crippen molar-refractivity contribution in [1.82, 2.24) is 5.32 Å². The molecule has 1 aromatic carbocycles. The highest BCUT2D eigenvalue weighted by molar-refractivity contribution is 7.89. The molecule has 132 valence electrons. The fourth-order valence-corrected chi connectivity index (χ4v) is 1.88. The van der Waals surface area contributed by atoms with Gasteiger partial charge in [0.1, 0.15) is 6.04 Å². The molecule has 0 aromatic heterocycles. The van der Waals surface area contributed by atoms with Gasteiger partial charge in [0.05, 0.1) is 4.90 Å². The highest BCUT2D eigenvalue weighted by atomic mass is 32.2. The average molecular weight is 356 g/mol. The van der Waals surface area contributed by atoms with Crippen molar-refractivity contribution in [3.8, 4) is 6.19 Å². The van der Waals surface area contributed by atoms with E-state index in [1.54, 1.807) is 24.4 Å². The first-order valence-corrected chi connectivity index (χ1v) is 8.24. The molecule has 0 bridgehead atoms. The summed E-state index contributed by atoms with van der Waals surface area (Å²) in [7, 11) is -3.50. The number of hydrogen-bond acceptors (Lipinski definition) is 6. The van der Waals surface area contributed by atoms with Crippen molar-refractivity contribution in [2.45, 2.75) is 23.8 Å². The van der Waals surface area contributed by atoms with Crippen LogP contribution in [0.5, 0.6) is 0 Å². The van der Waals surface area contributed by atoms with Crippen LogP contribution in [0.2, 0.25) is 0 Å². The summed E-state index contributed by atoms with van der Waals surface area (Å²) in [6, 6.07) is 7.02. The number of hydrogen-bond donors (Lipinski definition) is 5. The summed E-state index contributed by atoms with van der Waals surface area (Å²) >= 11 is 0. The van der Waals surface area contributed by atoms with E-state index in [0.717, 1.165) is 0 Å². The summed E-state index contributed by atoms with van der Waals surface area (Å²) < 4.78 is 21.2. The third-order valence-electron chi connectivity index (χ3n) is 2.53. The van der Waals surface area contributed by atoms with Crippen molar-refractivity contribution in [3.05, 3.63) is 30.3 Å². The van der Waals surface area contributed by atoms with E-state index in [2.05, 4.69) is 10.3 Å². The molecule has 1 unspecified atom stereocenters. The molecule has 0 amide bonds. The second-order valence-corrected chi connectivity index (χ2v) is 6.01. The van der Waals surface area contributed by atoms with Gasteiger partial charge in [-0.2, -0.15) is 5.26 Å². The van der Waals surface area contributed by atoms with Crippen LogP contribution in [0.15, 0.2) is 40.2 Å². The van der Waals surface area contributed by atoms with Crippen LogP contribution in [0.1, 0.15) is 12.8 Å². The molecule has 0 aliphatic carbocycles. The van der Waals surface area contributed by atoms with E-state index in [0.29, 0.717) is 19.4 Å². The van der Waals surface area contributed by atoms with Gasteiger partial charge in [0.25, 0.3) is 0 Å². The maximum atomic E-state index is 10.6. The number of sulfonamides is 1. The molecule has 0 aliphatic heterocycles. The Kier molecular flexibility index (Phi) is 9.73. The van der Waals surface area contributed by atoms with Crippen molar-refractivity contribution < 1.29 is 18.3 Å². The third-order valence-corrected chi connectivity index (χ3v) is 3.46. The van der Waals surface area contributed by atoms with Crippen LogP contribution in [-0.4, -0.2) is 38.0 Å². The lowest BCUT2D eigenvalue weighted by atomic mass is 10.2. The van der Waals surface area contributed by atoms with Gasteiger partial charge in [0, 0.05) is 6.54 Å². The van der Waals surface area contributed by atoms with Crippen molar-refractivity contribution >= 4 is 22.0 Å². The number of carbonyl (C=O) groups is 1. The Morgan fingerprint density at radius 1 is 1.38 bits per heavy atom. The Hall–Kier alpha value is -2.68. The lowest BCUT2D eigenvalue weighted by molar-refractivity contribution is -0.138. The van der Waals surface area contributed by atoms with Gasteiger partial charge in [-0.1, -0.05) is 18.2 Å². The maximum absolute atomic E-state index is 10.6. The lowest BCUT2D eigenvalue weighted by Crippen LogP contribution is -2.30. The molecular formula is C13H20N6O4S. The average Bonchev–Trinajstić information content (AvgIpc) is 2.52. The number of aliphatic imine (C=N–C) groups is 1. The zero-order chi connectivity index (χ0) is 18.6. The second kappa shape index (κ2) is 10.9. The van der Waals surface area contributed by atoms with E-state index in [1.165, 1.54) is 12.1 Å². The monoisotopic (exact) mass is 356 g/mol. The van der Waals surface area contributed by atoms with E-state index in [9.17, 15) is 13.2 Å². The molecule has 1 aromatic rings. The number of guanidine groups is 1. The summed E-state index contributed by atoms with van der Waals surface area (Å²) in [5, 5.41) is 23.5. The Morgan fingerprint density at radius 2 is 1.96 bits per heavy atom. The number of aliphatic carboxylic acids is 1. The minimum absolute atomic E-state index is 0.0244. The fourth-order valence-electron chi connectivity index (χ4n) is 1.34. The largest absolute Gasteiger partial charge is 0.480 e. The predicted molar refractivity (Wildman–Crippen MR) is 87.9 cm³/mol. The third kappa shape index (κ3) is 10.1. The molecule has 0 fully saturated rings. The molecule has 1 atom stereocenters. The quantitative estimate of drug-likeness (QED) is 0.139. The van der Waals surface area contributed by atoms with E-state index < -0.39 is 22.0 Å². The van der Waals surface area contributed by atoms with Gasteiger partial charge in [-0.15, -0.1) is 0 Å². The highest BCUT2D eigenvalue weighted by Gasteiger charge is 2.09. The van der Waals surface area contributed by atoms with Crippen LogP contribution in [-0.2, 0) is 14.8 Å². The van der Waals surface area contributed by atoms with Crippen LogP contribution < -0.4 is 21.9 Å². The normalized spacial score (nSPS) is 12.3. The van der Waals surface area contributed by atoms with Crippen molar-refractivity contribution in [3.63, 3.8) is 0 Å². The molecule has 0 saturated heterocycles. The SMILES string of the molecule is N#CNC(N)=NCCCC(N)C(=O)O.NS(=O)(=O)c1ccccc1. The number of carboxylic acids is 1. The van der Waals surface area contributed by atoms with E-state index >= 15 is 0 Å². The smallest absolute Gasteiger partial charge is 0.320 e. The van der Waals surface area contributed by atoms with Gasteiger partial charge in [-0.3, -0.25) is 15.1 Å². The number of carboxylic acid groups (broad SMARTS) is 1. The number of nitrogens with zero attached hydrogens (tertiary/aromatic N) is 2. The molecule has 1 rings (SSSR count). The Balaban J connectivity index is 0.000000463. The molecule has 0 spiro atoms. The van der Waals surface area contributed by atoms with Crippen LogP contribution >= 0.6 is 0 Å². The zero-order valence-electron chi connectivity index (χ0n) is 12.8. The van der Waals surface area contributed by atoms with Crippen LogP contribution in [0.25, 0.3) is 0 Å². The van der Waals surface area contributed by atoms with E-state index in [-0.39, 0.29) is 10.9 Å². The number of benzene rings is 1. The van der Waals surface area contributed by atoms with Gasteiger partial charge in [0.15, 0.2) is 6.19 Å². The van der Waals surface area contributed by atoms with Crippen LogP contribution in [0.4, 0.5) is 0 Å². The number of primary sulfonamides is 1. The zero-order valence-corrected chi connectivity index (χ0v) is 13.6. The minimum Gasteiger partial charge on any atom is -0.480 e. The molecule has 8 N–H and O–H groups in total. The molecule has 0 heterocycles. The van der Waals surface area contributed by atoms with Crippen molar-refractivity contribution in [1.29, 1.82) is 5.26 Å². The van der Waals surface area contributed by atoms with Gasteiger partial charge in [0.2, 0.25) is 16.0 Å². The first-order chi connectivity index (χ1) is 11.2. The van der Waals surface area contributed by atoms with Gasteiger partial charge in [-0.25, -0.2) is 13.6 Å². The Morgan fingerprint density at radius 3 is 2.38 bits per heavy atom. The molecule has 0 saturated carbocycles. The minimum atomic E-state index is -3.50. The van der Waals surface area contributed by atoms with Gasteiger partial charge in [-0.05, 0) is 25.0 Å². The fraction of sp³-hybridized carbons (Fsp3) is 0.308. The maximum Gasteiger partial charge on any atom is 0.320 e. The molecule has 11 heteroatoms. The first kappa shape index (κ1) is 21.3. The topological polar surface area (TPSA) is 198 Å². The van der Waals surface area contributed by atoms with E-state index in [4.69, 9.17) is 27.0 Å². The molecule has 0 radical (unpaired) electrons. The number of nitrogens with one attached hydrogen (secondary N) is 1. The Bertz CT molecular complexity index is 684. The summed E-state index contributed by atoms with van der Waals surface area (Å²) in [5.74, 6) is -1.01. The molecule has 10 nitrogen and oxygen atoms in total. The standard InChI is InChI=1S/C7H13N5O2.C6H7NO2S/c8-4-12-7(10)11-3-1-2-5(9)6(13)14;7-10(8,9)6-4-2-1-3-5-6/h5H,1-3,9H2,(H,13,14)(H3,10,11,12);1-5H,(H2,7,8,9). The first-order valence-electron chi connectivity index (χ1n) is 6.69.